The summed E-state index contributed by atoms with van der Waals surface area (Å²) in [5.41, 5.74) is 0.780. The highest BCUT2D eigenvalue weighted by Gasteiger charge is 2.43. The highest BCUT2D eigenvalue weighted by atomic mass is 16.5. The Morgan fingerprint density at radius 2 is 2.00 bits per heavy atom. The maximum absolute atomic E-state index is 12.8. The smallest absolute Gasteiger partial charge is 0.225 e. The molecule has 28 heavy (non-hydrogen) atoms. The van der Waals surface area contributed by atoms with Crippen LogP contribution in [-0.2, 0) is 4.79 Å². The zero-order chi connectivity index (χ0) is 19.6. The van der Waals surface area contributed by atoms with E-state index in [9.17, 15) is 9.59 Å². The minimum atomic E-state index is -0.531. The van der Waals surface area contributed by atoms with Crippen LogP contribution in [0.4, 0.5) is 5.95 Å². The monoisotopic (exact) mass is 379 g/mol. The van der Waals surface area contributed by atoms with Crippen molar-refractivity contribution in [3.8, 4) is 5.75 Å². The number of benzene rings is 1. The summed E-state index contributed by atoms with van der Waals surface area (Å²) in [6.07, 6.45) is 8.14. The number of aliphatic hydroxyl groups is 1. The first-order chi connectivity index (χ1) is 13.6. The van der Waals surface area contributed by atoms with Crippen LogP contribution in [0.15, 0.2) is 42.7 Å². The molecule has 7 nitrogen and oxygen atoms in total. The van der Waals surface area contributed by atoms with E-state index in [1.807, 2.05) is 0 Å². The molecule has 1 saturated heterocycles. The summed E-state index contributed by atoms with van der Waals surface area (Å²) in [7, 11) is 0. The molecule has 0 unspecified atom stereocenters. The van der Waals surface area contributed by atoms with E-state index in [2.05, 4.69) is 14.9 Å². The Hall–Kier alpha value is -3.06. The van der Waals surface area contributed by atoms with Gasteiger partial charge in [-0.25, -0.2) is 9.97 Å². The number of Topliss-reactive ketones (excluding diaryl/α,β-unsaturated/α-hetero) is 1. The van der Waals surface area contributed by atoms with Gasteiger partial charge in [0.05, 0.1) is 12.0 Å². The molecular weight excluding hydrogens is 358 g/mol. The largest absolute Gasteiger partial charge is 0.486 e. The third-order valence-corrected chi connectivity index (χ3v) is 5.24. The Labute approximate surface area is 162 Å². The molecular formula is C21H21N3O4. The predicted octanol–water partition coefficient (Wildman–Crippen LogP) is 2.06. The summed E-state index contributed by atoms with van der Waals surface area (Å²) in [5.74, 6) is 0.961. The molecule has 2 aliphatic heterocycles. The summed E-state index contributed by atoms with van der Waals surface area (Å²) in [6.45, 7) is 0.935. The lowest BCUT2D eigenvalue weighted by Gasteiger charge is -2.44. The van der Waals surface area contributed by atoms with Gasteiger partial charge in [-0.15, -0.1) is 0 Å². The molecule has 0 amide bonds. The van der Waals surface area contributed by atoms with Gasteiger partial charge >= 0.3 is 0 Å². The van der Waals surface area contributed by atoms with Crippen LogP contribution >= 0.6 is 0 Å². The van der Waals surface area contributed by atoms with Crippen LogP contribution in [-0.4, -0.2) is 51.9 Å². The molecule has 1 aromatic heterocycles. The van der Waals surface area contributed by atoms with E-state index in [1.165, 1.54) is 6.08 Å². The molecule has 1 spiro atoms. The minimum Gasteiger partial charge on any atom is -0.486 e. The number of ketones is 2. The highest BCUT2D eigenvalue weighted by molar-refractivity contribution is 6.01. The van der Waals surface area contributed by atoms with Gasteiger partial charge in [0.25, 0.3) is 0 Å². The Bertz CT molecular complexity index is 919. The molecule has 0 bridgehead atoms. The number of ether oxygens (including phenoxy) is 1. The van der Waals surface area contributed by atoms with Gasteiger partial charge in [0.15, 0.2) is 11.6 Å². The molecule has 1 aromatic carbocycles. The van der Waals surface area contributed by atoms with Crippen LogP contribution in [0.25, 0.3) is 6.08 Å². The third kappa shape index (κ3) is 3.66. The van der Waals surface area contributed by atoms with Gasteiger partial charge in [-0.1, -0.05) is 12.1 Å². The number of aliphatic hydroxyl groups excluding tert-OH is 1. The van der Waals surface area contributed by atoms with Gasteiger partial charge in [0.2, 0.25) is 5.95 Å². The van der Waals surface area contributed by atoms with E-state index < -0.39 is 12.2 Å². The molecule has 1 fully saturated rings. The summed E-state index contributed by atoms with van der Waals surface area (Å²) < 4.78 is 6.30. The molecule has 2 aliphatic rings. The van der Waals surface area contributed by atoms with Crippen molar-refractivity contribution < 1.29 is 19.4 Å². The van der Waals surface area contributed by atoms with Gasteiger partial charge in [-0.2, -0.15) is 0 Å². The van der Waals surface area contributed by atoms with Crippen molar-refractivity contribution in [2.24, 2.45) is 0 Å². The van der Waals surface area contributed by atoms with E-state index in [1.54, 1.807) is 42.7 Å². The van der Waals surface area contributed by atoms with Crippen LogP contribution in [0.5, 0.6) is 5.75 Å². The number of carbonyl (C=O) groups is 2. The molecule has 3 heterocycles. The number of hydrogen-bond donors (Lipinski definition) is 1. The minimum absolute atomic E-state index is 0.0504. The van der Waals surface area contributed by atoms with Crippen LogP contribution in [0, 0.1) is 0 Å². The first kappa shape index (κ1) is 18.3. The van der Waals surface area contributed by atoms with Crippen molar-refractivity contribution >= 4 is 23.6 Å². The number of anilines is 1. The van der Waals surface area contributed by atoms with Crippen LogP contribution in [0.2, 0.25) is 0 Å². The van der Waals surface area contributed by atoms with Crippen molar-refractivity contribution in [1.82, 2.24) is 9.97 Å². The number of rotatable bonds is 4. The summed E-state index contributed by atoms with van der Waals surface area (Å²) in [5, 5.41) is 8.79. The Balaban J connectivity index is 1.49. The molecule has 7 heteroatoms. The van der Waals surface area contributed by atoms with E-state index in [-0.39, 0.29) is 11.6 Å². The fraction of sp³-hybridized carbons (Fsp3) is 0.333. The van der Waals surface area contributed by atoms with Crippen molar-refractivity contribution in [2.75, 3.05) is 24.6 Å². The van der Waals surface area contributed by atoms with E-state index in [4.69, 9.17) is 9.84 Å². The van der Waals surface area contributed by atoms with Crippen molar-refractivity contribution in [3.63, 3.8) is 0 Å². The lowest BCUT2D eigenvalue weighted by Crippen LogP contribution is -2.51. The molecule has 1 N–H and O–H groups in total. The predicted molar refractivity (Wildman–Crippen MR) is 103 cm³/mol. The third-order valence-electron chi connectivity index (χ3n) is 5.24. The SMILES string of the molecule is O=C(/C=C/c1ccc2c(c1)C(=O)CC1(CCN(c3ncccn3)CC1)O2)CO. The van der Waals surface area contributed by atoms with E-state index in [0.29, 0.717) is 23.7 Å². The maximum Gasteiger partial charge on any atom is 0.225 e. The van der Waals surface area contributed by atoms with Gasteiger partial charge in [0.1, 0.15) is 18.0 Å². The molecule has 0 saturated carbocycles. The molecule has 0 atom stereocenters. The summed E-state index contributed by atoms with van der Waals surface area (Å²) in [6, 6.07) is 7.11. The number of nitrogens with zero attached hydrogens (tertiary/aromatic N) is 3. The van der Waals surface area contributed by atoms with Crippen molar-refractivity contribution in [1.29, 1.82) is 0 Å². The lowest BCUT2D eigenvalue weighted by molar-refractivity contribution is -0.117. The van der Waals surface area contributed by atoms with Crippen LogP contribution in [0.1, 0.15) is 35.2 Å². The van der Waals surface area contributed by atoms with Gasteiger partial charge in [-0.05, 0) is 29.8 Å². The number of piperidine rings is 1. The number of hydrogen-bond acceptors (Lipinski definition) is 7. The van der Waals surface area contributed by atoms with Gasteiger partial charge in [0, 0.05) is 38.3 Å². The zero-order valence-electron chi connectivity index (χ0n) is 15.4. The Morgan fingerprint density at radius 3 is 2.71 bits per heavy atom. The Morgan fingerprint density at radius 1 is 1.25 bits per heavy atom. The standard InChI is InChI=1S/C21H21N3O4/c25-14-16(26)4-2-15-3-5-19-17(12-15)18(27)13-21(28-19)6-10-24(11-7-21)20-22-8-1-9-23-20/h1-5,8-9,12,25H,6-7,10-11,13-14H2/b4-2+. The number of fused-ring (bicyclic) bond motifs is 1. The molecule has 2 aromatic rings. The maximum atomic E-state index is 12.8. The molecule has 4 rings (SSSR count). The quantitative estimate of drug-likeness (QED) is 0.813. The number of carbonyl (C=O) groups excluding carboxylic acids is 2. The topological polar surface area (TPSA) is 92.6 Å². The van der Waals surface area contributed by atoms with Crippen LogP contribution < -0.4 is 9.64 Å². The second kappa shape index (κ2) is 7.52. The normalized spacial score (nSPS) is 18.2. The van der Waals surface area contributed by atoms with Crippen molar-refractivity contribution in [2.45, 2.75) is 24.9 Å². The lowest BCUT2D eigenvalue weighted by atomic mass is 9.82. The van der Waals surface area contributed by atoms with Crippen molar-refractivity contribution in [3.05, 3.63) is 53.9 Å². The van der Waals surface area contributed by atoms with E-state index in [0.717, 1.165) is 31.5 Å². The second-order valence-electron chi connectivity index (χ2n) is 7.13. The Kier molecular flexibility index (Phi) is 4.92. The fourth-order valence-corrected chi connectivity index (χ4v) is 3.70. The summed E-state index contributed by atoms with van der Waals surface area (Å²) in [4.78, 5) is 34.7. The van der Waals surface area contributed by atoms with Gasteiger partial charge < -0.3 is 14.7 Å². The highest BCUT2D eigenvalue weighted by Crippen LogP contribution is 2.40. The zero-order valence-corrected chi connectivity index (χ0v) is 15.4. The second-order valence-corrected chi connectivity index (χ2v) is 7.13. The van der Waals surface area contributed by atoms with E-state index >= 15 is 0 Å². The molecule has 0 aliphatic carbocycles. The fourth-order valence-electron chi connectivity index (χ4n) is 3.70. The molecule has 0 radical (unpaired) electrons. The summed E-state index contributed by atoms with van der Waals surface area (Å²) >= 11 is 0. The molecule has 144 valence electrons. The average Bonchev–Trinajstić information content (AvgIpc) is 2.73. The van der Waals surface area contributed by atoms with Gasteiger partial charge in [-0.3, -0.25) is 9.59 Å². The average molecular weight is 379 g/mol. The first-order valence-corrected chi connectivity index (χ1v) is 9.29. The first-order valence-electron chi connectivity index (χ1n) is 9.29. The number of aromatic nitrogens is 2. The van der Waals surface area contributed by atoms with Crippen LogP contribution in [0.3, 0.4) is 0 Å².